The highest BCUT2D eigenvalue weighted by Gasteiger charge is 2.34. The van der Waals surface area contributed by atoms with Crippen LogP contribution in [0.3, 0.4) is 0 Å². The number of hydrogen-bond acceptors (Lipinski definition) is 5. The smallest absolute Gasteiger partial charge is 0.226 e. The highest BCUT2D eigenvalue weighted by Crippen LogP contribution is 2.44. The summed E-state index contributed by atoms with van der Waals surface area (Å²) in [6, 6.07) is 11.2. The van der Waals surface area contributed by atoms with Crippen molar-refractivity contribution in [2.24, 2.45) is 0 Å². The van der Waals surface area contributed by atoms with Gasteiger partial charge in [0, 0.05) is 17.9 Å². The number of carbonyl (C=O) groups excluding carboxylic acids is 1. The van der Waals surface area contributed by atoms with Crippen molar-refractivity contribution in [3.8, 4) is 10.9 Å². The third kappa shape index (κ3) is 3.05. The number of benzene rings is 2. The monoisotopic (exact) mass is 458 g/mol. The van der Waals surface area contributed by atoms with E-state index in [0.717, 1.165) is 32.8 Å². The fraction of sp³-hybridized carbons (Fsp3) is 0.190. The van der Waals surface area contributed by atoms with Crippen LogP contribution >= 0.6 is 34.5 Å². The Kier molecular flexibility index (Phi) is 4.69. The number of amides is 1. The van der Waals surface area contributed by atoms with Gasteiger partial charge in [0.05, 0.1) is 33.1 Å². The second kappa shape index (κ2) is 7.27. The Labute approximate surface area is 186 Å². The summed E-state index contributed by atoms with van der Waals surface area (Å²) in [6.07, 6.45) is 0.274. The van der Waals surface area contributed by atoms with Crippen LogP contribution in [-0.4, -0.2) is 27.8 Å². The van der Waals surface area contributed by atoms with Gasteiger partial charge in [0.25, 0.3) is 0 Å². The minimum atomic E-state index is -0.233. The molecule has 0 saturated carbocycles. The second-order valence-corrected chi connectivity index (χ2v) is 8.83. The first-order valence-electron chi connectivity index (χ1n) is 9.24. The normalized spacial score (nSPS) is 15.9. The Morgan fingerprint density at radius 3 is 2.90 bits per heavy atom. The predicted octanol–water partition coefficient (Wildman–Crippen LogP) is 5.58. The number of carbonyl (C=O) groups is 1. The predicted molar refractivity (Wildman–Crippen MR) is 120 cm³/mol. The average Bonchev–Trinajstić information content (AvgIpc) is 3.29. The van der Waals surface area contributed by atoms with Gasteiger partial charge >= 0.3 is 0 Å². The molecule has 1 unspecified atom stereocenters. The van der Waals surface area contributed by atoms with Crippen LogP contribution < -0.4 is 10.1 Å². The van der Waals surface area contributed by atoms with Crippen LogP contribution in [-0.2, 0) is 4.79 Å². The van der Waals surface area contributed by atoms with Crippen molar-refractivity contribution in [1.82, 2.24) is 14.8 Å². The molecule has 0 aliphatic carbocycles. The molecule has 2 aromatic carbocycles. The van der Waals surface area contributed by atoms with Crippen LogP contribution in [0.1, 0.15) is 29.2 Å². The quantitative estimate of drug-likeness (QED) is 0.434. The Morgan fingerprint density at radius 1 is 1.27 bits per heavy atom. The topological polar surface area (TPSA) is 69.0 Å². The molecule has 0 fully saturated rings. The zero-order chi connectivity index (χ0) is 21.0. The van der Waals surface area contributed by atoms with Gasteiger partial charge < -0.3 is 10.1 Å². The number of methoxy groups -OCH3 is 1. The lowest BCUT2D eigenvalue weighted by atomic mass is 9.86. The summed E-state index contributed by atoms with van der Waals surface area (Å²) in [5.41, 5.74) is 3.39. The number of fused-ring (bicyclic) bond motifs is 2. The third-order valence-electron chi connectivity index (χ3n) is 5.22. The van der Waals surface area contributed by atoms with E-state index in [9.17, 15) is 4.79 Å². The van der Waals surface area contributed by atoms with E-state index in [-0.39, 0.29) is 18.2 Å². The molecule has 1 aliphatic rings. The minimum Gasteiger partial charge on any atom is -0.497 e. The summed E-state index contributed by atoms with van der Waals surface area (Å²) in [7, 11) is 1.63. The molecule has 5 rings (SSSR count). The second-order valence-electron chi connectivity index (χ2n) is 7.04. The lowest BCUT2D eigenvalue weighted by Crippen LogP contribution is -2.25. The van der Waals surface area contributed by atoms with Gasteiger partial charge in [-0.05, 0) is 36.8 Å². The van der Waals surface area contributed by atoms with Gasteiger partial charge in [0.1, 0.15) is 11.6 Å². The zero-order valence-electron chi connectivity index (χ0n) is 16.1. The molecule has 152 valence electrons. The number of halogens is 2. The maximum Gasteiger partial charge on any atom is 0.226 e. The highest BCUT2D eigenvalue weighted by molar-refractivity contribution is 7.20. The van der Waals surface area contributed by atoms with E-state index in [0.29, 0.717) is 21.0 Å². The molecule has 0 radical (unpaired) electrons. The largest absolute Gasteiger partial charge is 0.497 e. The van der Waals surface area contributed by atoms with Gasteiger partial charge in [-0.25, -0.2) is 4.98 Å². The highest BCUT2D eigenvalue weighted by atomic mass is 35.5. The van der Waals surface area contributed by atoms with E-state index in [1.165, 1.54) is 11.3 Å². The molecule has 0 bridgehead atoms. The zero-order valence-corrected chi connectivity index (χ0v) is 18.4. The number of rotatable bonds is 3. The molecule has 1 amide bonds. The molecule has 1 N–H and O–H groups in total. The van der Waals surface area contributed by atoms with Gasteiger partial charge in [-0.3, -0.25) is 4.79 Å². The van der Waals surface area contributed by atoms with Crippen molar-refractivity contribution in [3.05, 3.63) is 63.3 Å². The van der Waals surface area contributed by atoms with Gasteiger partial charge in [0.2, 0.25) is 11.0 Å². The number of nitrogens with one attached hydrogen (secondary N) is 1. The molecule has 3 heterocycles. The first-order chi connectivity index (χ1) is 14.5. The number of aromatic nitrogens is 3. The lowest BCUT2D eigenvalue weighted by molar-refractivity contribution is -0.116. The molecular weight excluding hydrogens is 443 g/mol. The molecule has 2 aromatic heterocycles. The van der Waals surface area contributed by atoms with Crippen LogP contribution in [0.2, 0.25) is 10.0 Å². The number of anilines is 1. The summed E-state index contributed by atoms with van der Waals surface area (Å²) in [5.74, 6) is 1.05. The Hall–Kier alpha value is -2.61. The molecule has 1 atom stereocenters. The summed E-state index contributed by atoms with van der Waals surface area (Å²) >= 11 is 14.2. The number of nitrogens with zero attached hydrogens (tertiary/aromatic N) is 3. The SMILES string of the molecule is COc1ccc2nc(-n3nc(C)c4c3NC(=O)CC4c3cccc(Cl)c3Cl)sc2c1. The first-order valence-corrected chi connectivity index (χ1v) is 10.8. The summed E-state index contributed by atoms with van der Waals surface area (Å²) in [5, 5.41) is 9.28. The summed E-state index contributed by atoms with van der Waals surface area (Å²) < 4.78 is 7.98. The van der Waals surface area contributed by atoms with E-state index in [2.05, 4.69) is 5.32 Å². The third-order valence-corrected chi connectivity index (χ3v) is 7.05. The van der Waals surface area contributed by atoms with Crippen LogP contribution in [0, 0.1) is 6.92 Å². The van der Waals surface area contributed by atoms with E-state index in [1.807, 2.05) is 37.3 Å². The molecule has 4 aromatic rings. The Bertz CT molecular complexity index is 1310. The number of thiazole rings is 1. The average molecular weight is 459 g/mol. The number of ether oxygens (including phenoxy) is 1. The van der Waals surface area contributed by atoms with Crippen LogP contribution in [0.4, 0.5) is 5.82 Å². The molecule has 6 nitrogen and oxygen atoms in total. The maximum atomic E-state index is 12.6. The minimum absolute atomic E-state index is 0.104. The number of hydrogen-bond donors (Lipinski definition) is 1. The van der Waals surface area contributed by atoms with E-state index < -0.39 is 0 Å². The standard InChI is InChI=1S/C21H16Cl2N4O2S/c1-10-18-13(12-4-3-5-14(22)19(12)23)9-17(28)25-20(18)27(26-10)21-24-15-7-6-11(29-2)8-16(15)30-21/h3-8,13H,9H2,1-2H3,(H,25,28). The number of aryl methyl sites for hydroxylation is 1. The van der Waals surface area contributed by atoms with Gasteiger partial charge in [0.15, 0.2) is 0 Å². The van der Waals surface area contributed by atoms with E-state index in [1.54, 1.807) is 17.9 Å². The van der Waals surface area contributed by atoms with Crippen LogP contribution in [0.15, 0.2) is 36.4 Å². The molecule has 9 heteroatoms. The Morgan fingerprint density at radius 2 is 2.10 bits per heavy atom. The fourth-order valence-corrected chi connectivity index (χ4v) is 5.24. The lowest BCUT2D eigenvalue weighted by Gasteiger charge is -2.25. The van der Waals surface area contributed by atoms with E-state index in [4.69, 9.17) is 38.0 Å². The van der Waals surface area contributed by atoms with Crippen LogP contribution in [0.5, 0.6) is 5.75 Å². The van der Waals surface area contributed by atoms with E-state index >= 15 is 0 Å². The van der Waals surface area contributed by atoms with Gasteiger partial charge in [-0.1, -0.05) is 46.7 Å². The maximum absolute atomic E-state index is 12.6. The van der Waals surface area contributed by atoms with Crippen molar-refractivity contribution in [2.75, 3.05) is 12.4 Å². The Balaban J connectivity index is 1.67. The van der Waals surface area contributed by atoms with Gasteiger partial charge in [-0.15, -0.1) is 0 Å². The van der Waals surface area contributed by atoms with Crippen molar-refractivity contribution < 1.29 is 9.53 Å². The summed E-state index contributed by atoms with van der Waals surface area (Å²) in [6.45, 7) is 1.93. The van der Waals surface area contributed by atoms with Crippen molar-refractivity contribution in [2.45, 2.75) is 19.3 Å². The summed E-state index contributed by atoms with van der Waals surface area (Å²) in [4.78, 5) is 17.3. The van der Waals surface area contributed by atoms with Crippen LogP contribution in [0.25, 0.3) is 15.3 Å². The van der Waals surface area contributed by atoms with Crippen molar-refractivity contribution in [3.63, 3.8) is 0 Å². The molecule has 0 saturated heterocycles. The fourth-order valence-electron chi connectivity index (χ4n) is 3.85. The first kappa shape index (κ1) is 19.4. The molecule has 30 heavy (non-hydrogen) atoms. The molecular formula is C21H16Cl2N4O2S. The van der Waals surface area contributed by atoms with Crippen molar-refractivity contribution >= 4 is 56.5 Å². The molecule has 0 spiro atoms. The van der Waals surface area contributed by atoms with Crippen molar-refractivity contribution in [1.29, 1.82) is 0 Å². The van der Waals surface area contributed by atoms with Gasteiger partial charge in [-0.2, -0.15) is 9.78 Å². The molecule has 1 aliphatic heterocycles.